The second-order valence-corrected chi connectivity index (χ2v) is 6.06. The van der Waals surface area contributed by atoms with E-state index < -0.39 is 0 Å². The Labute approximate surface area is 126 Å². The van der Waals surface area contributed by atoms with Crippen LogP contribution < -0.4 is 5.32 Å². The van der Waals surface area contributed by atoms with Gasteiger partial charge in [-0.25, -0.2) is 0 Å². The first-order valence-electron chi connectivity index (χ1n) is 7.65. The molecule has 1 unspecified atom stereocenters. The molecule has 0 spiro atoms. The average Bonchev–Trinajstić information content (AvgIpc) is 2.50. The Morgan fingerprint density at radius 2 is 2.14 bits per heavy atom. The van der Waals surface area contributed by atoms with Crippen molar-refractivity contribution in [3.8, 4) is 0 Å². The largest absolute Gasteiger partial charge is 0.311 e. The predicted octanol–water partition coefficient (Wildman–Crippen LogP) is 1.57. The minimum Gasteiger partial charge on any atom is -0.311 e. The number of hydrogen-bond donors (Lipinski definition) is 1. The van der Waals surface area contributed by atoms with Gasteiger partial charge in [-0.2, -0.15) is 0 Å². The molecule has 0 aliphatic carbocycles. The van der Waals surface area contributed by atoms with Crippen LogP contribution in [0.5, 0.6) is 0 Å². The Bertz CT molecular complexity index is 598. The first kappa shape index (κ1) is 14.4. The van der Waals surface area contributed by atoms with Gasteiger partial charge >= 0.3 is 0 Å². The van der Waals surface area contributed by atoms with E-state index in [0.717, 1.165) is 31.7 Å². The highest BCUT2D eigenvalue weighted by Gasteiger charge is 2.21. The van der Waals surface area contributed by atoms with E-state index in [1.807, 2.05) is 12.3 Å². The van der Waals surface area contributed by atoms with Gasteiger partial charge in [-0.15, -0.1) is 0 Å². The highest BCUT2D eigenvalue weighted by molar-refractivity contribution is 5.78. The van der Waals surface area contributed by atoms with E-state index in [4.69, 9.17) is 0 Å². The number of rotatable bonds is 4. The molecular formula is C17H24N4. The van der Waals surface area contributed by atoms with Crippen LogP contribution >= 0.6 is 0 Å². The van der Waals surface area contributed by atoms with Gasteiger partial charge in [-0.3, -0.25) is 9.88 Å². The van der Waals surface area contributed by atoms with Crippen LogP contribution in [0.1, 0.15) is 5.56 Å². The molecule has 0 radical (unpaired) electrons. The standard InChI is InChI=1S/C17H24N4/c1-20-8-9-21(2)16(13-20)12-18-11-14-5-6-17-15(10-14)4-3-7-19-17/h3-7,10,16,18H,8-9,11-13H2,1-2H3. The summed E-state index contributed by atoms with van der Waals surface area (Å²) < 4.78 is 0. The number of fused-ring (bicyclic) bond motifs is 1. The quantitative estimate of drug-likeness (QED) is 0.923. The third-order valence-electron chi connectivity index (χ3n) is 4.36. The third-order valence-corrected chi connectivity index (χ3v) is 4.36. The maximum Gasteiger partial charge on any atom is 0.0702 e. The number of nitrogens with one attached hydrogen (secondary N) is 1. The maximum atomic E-state index is 4.36. The molecule has 1 atom stereocenters. The molecular weight excluding hydrogens is 260 g/mol. The van der Waals surface area contributed by atoms with Crippen LogP contribution in [-0.2, 0) is 6.54 Å². The molecule has 1 aromatic carbocycles. The average molecular weight is 284 g/mol. The molecule has 4 heteroatoms. The van der Waals surface area contributed by atoms with E-state index in [1.165, 1.54) is 17.5 Å². The van der Waals surface area contributed by atoms with E-state index in [9.17, 15) is 0 Å². The summed E-state index contributed by atoms with van der Waals surface area (Å²) in [5.74, 6) is 0. The van der Waals surface area contributed by atoms with Crippen LogP contribution in [0, 0.1) is 0 Å². The normalized spacial score (nSPS) is 21.0. The van der Waals surface area contributed by atoms with Crippen molar-refractivity contribution in [1.29, 1.82) is 0 Å². The lowest BCUT2D eigenvalue weighted by Crippen LogP contribution is -2.53. The second kappa shape index (κ2) is 6.52. The number of likely N-dealkylation sites (N-methyl/N-ethyl adjacent to an activating group) is 2. The monoisotopic (exact) mass is 284 g/mol. The third kappa shape index (κ3) is 3.59. The van der Waals surface area contributed by atoms with Crippen LogP contribution in [0.4, 0.5) is 0 Å². The smallest absolute Gasteiger partial charge is 0.0702 e. The van der Waals surface area contributed by atoms with E-state index >= 15 is 0 Å². The molecule has 1 fully saturated rings. The number of nitrogens with zero attached hydrogens (tertiary/aromatic N) is 3. The molecule has 1 N–H and O–H groups in total. The topological polar surface area (TPSA) is 31.4 Å². The lowest BCUT2D eigenvalue weighted by atomic mass is 10.1. The molecule has 2 aromatic rings. The van der Waals surface area contributed by atoms with Crippen molar-refractivity contribution in [2.45, 2.75) is 12.6 Å². The van der Waals surface area contributed by atoms with Gasteiger partial charge in [-0.05, 0) is 37.9 Å². The summed E-state index contributed by atoms with van der Waals surface area (Å²) in [7, 11) is 4.43. The Balaban J connectivity index is 1.56. The van der Waals surface area contributed by atoms with Gasteiger partial charge in [0.2, 0.25) is 0 Å². The molecule has 0 bridgehead atoms. The number of benzene rings is 1. The lowest BCUT2D eigenvalue weighted by Gasteiger charge is -2.37. The number of piperazine rings is 1. The van der Waals surface area contributed by atoms with Crippen molar-refractivity contribution in [3.63, 3.8) is 0 Å². The Kier molecular flexibility index (Phi) is 4.48. The summed E-state index contributed by atoms with van der Waals surface area (Å²) >= 11 is 0. The van der Waals surface area contributed by atoms with Gasteiger partial charge < -0.3 is 10.2 Å². The molecule has 2 heterocycles. The van der Waals surface area contributed by atoms with Gasteiger partial charge in [0.15, 0.2) is 0 Å². The number of aromatic nitrogens is 1. The van der Waals surface area contributed by atoms with Gasteiger partial charge in [0.05, 0.1) is 5.52 Å². The molecule has 1 saturated heterocycles. The van der Waals surface area contributed by atoms with Gasteiger partial charge in [-0.1, -0.05) is 12.1 Å². The fourth-order valence-corrected chi connectivity index (χ4v) is 2.94. The molecule has 0 saturated carbocycles. The molecule has 3 rings (SSSR count). The van der Waals surface area contributed by atoms with Gasteiger partial charge in [0.25, 0.3) is 0 Å². The number of pyridine rings is 1. The van der Waals surface area contributed by atoms with Gasteiger partial charge in [0.1, 0.15) is 0 Å². The number of hydrogen-bond acceptors (Lipinski definition) is 4. The highest BCUT2D eigenvalue weighted by atomic mass is 15.3. The Hall–Kier alpha value is -1.49. The minimum atomic E-state index is 0.603. The molecule has 1 aliphatic heterocycles. The SMILES string of the molecule is CN1CCN(C)C(CNCc2ccc3ncccc3c2)C1. The zero-order chi connectivity index (χ0) is 14.7. The van der Waals surface area contributed by atoms with Crippen LogP contribution in [0.3, 0.4) is 0 Å². The Morgan fingerprint density at radius 1 is 1.24 bits per heavy atom. The van der Waals surface area contributed by atoms with Crippen molar-refractivity contribution in [2.24, 2.45) is 0 Å². The second-order valence-electron chi connectivity index (χ2n) is 6.06. The van der Waals surface area contributed by atoms with Crippen molar-refractivity contribution in [3.05, 3.63) is 42.1 Å². The minimum absolute atomic E-state index is 0.603. The molecule has 1 aromatic heterocycles. The van der Waals surface area contributed by atoms with Crippen molar-refractivity contribution in [1.82, 2.24) is 20.1 Å². The van der Waals surface area contributed by atoms with Crippen molar-refractivity contribution >= 4 is 10.9 Å². The van der Waals surface area contributed by atoms with E-state index in [2.05, 4.69) is 58.5 Å². The Morgan fingerprint density at radius 3 is 3.05 bits per heavy atom. The van der Waals surface area contributed by atoms with Crippen LogP contribution in [-0.4, -0.2) is 61.1 Å². The molecule has 0 amide bonds. The fraction of sp³-hybridized carbons (Fsp3) is 0.471. The zero-order valence-corrected chi connectivity index (χ0v) is 12.9. The van der Waals surface area contributed by atoms with Gasteiger partial charge in [0, 0.05) is 50.3 Å². The highest BCUT2D eigenvalue weighted by Crippen LogP contribution is 2.13. The summed E-state index contributed by atoms with van der Waals surface area (Å²) in [5.41, 5.74) is 2.39. The molecule has 4 nitrogen and oxygen atoms in total. The summed E-state index contributed by atoms with van der Waals surface area (Å²) in [5, 5.41) is 4.81. The summed E-state index contributed by atoms with van der Waals surface area (Å²) in [6.07, 6.45) is 1.84. The maximum absolute atomic E-state index is 4.36. The lowest BCUT2D eigenvalue weighted by molar-refractivity contribution is 0.113. The van der Waals surface area contributed by atoms with E-state index in [-0.39, 0.29) is 0 Å². The molecule has 21 heavy (non-hydrogen) atoms. The summed E-state index contributed by atoms with van der Waals surface area (Å²) in [6, 6.07) is 11.2. The summed E-state index contributed by atoms with van der Waals surface area (Å²) in [6.45, 7) is 5.42. The first-order chi connectivity index (χ1) is 10.2. The van der Waals surface area contributed by atoms with Crippen molar-refractivity contribution in [2.75, 3.05) is 40.3 Å². The van der Waals surface area contributed by atoms with Crippen LogP contribution in [0.25, 0.3) is 10.9 Å². The van der Waals surface area contributed by atoms with E-state index in [1.54, 1.807) is 0 Å². The van der Waals surface area contributed by atoms with E-state index in [0.29, 0.717) is 6.04 Å². The molecule has 1 aliphatic rings. The summed E-state index contributed by atoms with van der Waals surface area (Å²) in [4.78, 5) is 9.23. The van der Waals surface area contributed by atoms with Crippen LogP contribution in [0.2, 0.25) is 0 Å². The first-order valence-corrected chi connectivity index (χ1v) is 7.65. The predicted molar refractivity (Wildman–Crippen MR) is 87.4 cm³/mol. The fourth-order valence-electron chi connectivity index (χ4n) is 2.94. The van der Waals surface area contributed by atoms with Crippen molar-refractivity contribution < 1.29 is 0 Å². The zero-order valence-electron chi connectivity index (χ0n) is 12.9. The molecule has 112 valence electrons. The van der Waals surface area contributed by atoms with Crippen LogP contribution in [0.15, 0.2) is 36.5 Å².